The first-order valence-electron chi connectivity index (χ1n) is 5.74. The van der Waals surface area contributed by atoms with Gasteiger partial charge in [0, 0.05) is 0 Å². The van der Waals surface area contributed by atoms with E-state index < -0.39 is 11.6 Å². The van der Waals surface area contributed by atoms with Crippen LogP contribution < -0.4 is 9.80 Å². The van der Waals surface area contributed by atoms with Crippen molar-refractivity contribution in [2.24, 2.45) is 0 Å². The molecule has 1 aromatic rings. The lowest BCUT2D eigenvalue weighted by molar-refractivity contribution is -1.01. The predicted molar refractivity (Wildman–Crippen MR) is 57.4 cm³/mol. The van der Waals surface area contributed by atoms with Crippen LogP contribution in [-0.2, 0) is 6.54 Å². The van der Waals surface area contributed by atoms with Crippen molar-refractivity contribution in [1.82, 2.24) is 0 Å². The van der Waals surface area contributed by atoms with Crippen LogP contribution in [0.3, 0.4) is 0 Å². The summed E-state index contributed by atoms with van der Waals surface area (Å²) in [6.45, 7) is 4.59. The molecule has 1 aliphatic rings. The summed E-state index contributed by atoms with van der Waals surface area (Å²) in [6.07, 6.45) is 0. The van der Waals surface area contributed by atoms with E-state index in [1.54, 1.807) is 0 Å². The van der Waals surface area contributed by atoms with Crippen LogP contribution in [0.5, 0.6) is 0 Å². The Labute approximate surface area is 94.5 Å². The molecule has 2 N–H and O–H groups in total. The highest BCUT2D eigenvalue weighted by Gasteiger charge is 2.22. The average molecular weight is 228 g/mol. The Hall–Kier alpha value is -1.00. The Morgan fingerprint density at radius 3 is 2.19 bits per heavy atom. The molecule has 0 unspecified atom stereocenters. The van der Waals surface area contributed by atoms with Gasteiger partial charge in [0.25, 0.3) is 0 Å². The second-order valence-electron chi connectivity index (χ2n) is 4.58. The number of rotatable bonds is 2. The maximum Gasteiger partial charge on any atom is 0.135 e. The van der Waals surface area contributed by atoms with Gasteiger partial charge in [0.1, 0.15) is 44.4 Å². The minimum Gasteiger partial charge on any atom is -0.328 e. The largest absolute Gasteiger partial charge is 0.328 e. The van der Waals surface area contributed by atoms with Crippen molar-refractivity contribution in [3.8, 4) is 0 Å². The third-order valence-corrected chi connectivity index (χ3v) is 3.30. The molecule has 2 rings (SSSR count). The van der Waals surface area contributed by atoms with Gasteiger partial charge >= 0.3 is 0 Å². The highest BCUT2D eigenvalue weighted by Crippen LogP contribution is 2.10. The molecular weight excluding hydrogens is 210 g/mol. The molecule has 0 bridgehead atoms. The van der Waals surface area contributed by atoms with Crippen LogP contribution in [0.2, 0.25) is 0 Å². The molecule has 4 heteroatoms. The number of hydrogen-bond acceptors (Lipinski definition) is 0. The summed E-state index contributed by atoms with van der Waals surface area (Å²) in [5.41, 5.74) is 0.233. The number of halogens is 2. The minimum absolute atomic E-state index is 0.233. The maximum absolute atomic E-state index is 13.4. The fourth-order valence-electron chi connectivity index (χ4n) is 2.16. The fourth-order valence-corrected chi connectivity index (χ4v) is 2.16. The monoisotopic (exact) mass is 228 g/mol. The van der Waals surface area contributed by atoms with Crippen LogP contribution >= 0.6 is 0 Å². The molecule has 88 valence electrons. The highest BCUT2D eigenvalue weighted by molar-refractivity contribution is 5.18. The summed E-state index contributed by atoms with van der Waals surface area (Å²) in [5.74, 6) is -0.836. The third kappa shape index (κ3) is 2.57. The standard InChI is InChI=1S/C12H16F2N2/c1-15-5-7-16(8-6-15)9-10-11(13)3-2-4-12(10)14/h2-4H,5-9H2,1H3/p+2. The minimum atomic E-state index is -0.418. The lowest BCUT2D eigenvalue weighted by Crippen LogP contribution is -3.26. The maximum atomic E-state index is 13.4. The lowest BCUT2D eigenvalue weighted by atomic mass is 10.1. The molecule has 0 saturated carbocycles. The van der Waals surface area contributed by atoms with Gasteiger partial charge in [-0.05, 0) is 12.1 Å². The first kappa shape index (κ1) is 11.5. The molecule has 1 heterocycles. The first-order valence-corrected chi connectivity index (χ1v) is 5.74. The number of likely N-dealkylation sites (N-methyl/N-ethyl adjacent to an activating group) is 1. The van der Waals surface area contributed by atoms with Gasteiger partial charge < -0.3 is 9.80 Å². The summed E-state index contributed by atoms with van der Waals surface area (Å²) in [6, 6.07) is 4.08. The molecule has 0 amide bonds. The Balaban J connectivity index is 2.04. The predicted octanol–water partition coefficient (Wildman–Crippen LogP) is -1.12. The molecule has 0 aromatic heterocycles. The number of hydrogen-bond donors (Lipinski definition) is 2. The first-order chi connectivity index (χ1) is 7.66. The van der Waals surface area contributed by atoms with E-state index in [-0.39, 0.29) is 5.56 Å². The van der Waals surface area contributed by atoms with E-state index in [2.05, 4.69) is 7.05 Å². The molecule has 16 heavy (non-hydrogen) atoms. The van der Waals surface area contributed by atoms with E-state index in [4.69, 9.17) is 0 Å². The van der Waals surface area contributed by atoms with Gasteiger partial charge in [0.15, 0.2) is 0 Å². The molecule has 1 saturated heterocycles. The van der Waals surface area contributed by atoms with E-state index >= 15 is 0 Å². The number of benzene rings is 1. The van der Waals surface area contributed by atoms with Crippen LogP contribution in [0.15, 0.2) is 18.2 Å². The van der Waals surface area contributed by atoms with Crippen LogP contribution in [0.25, 0.3) is 0 Å². The molecular formula is C12H18F2N2+2. The van der Waals surface area contributed by atoms with Crippen molar-refractivity contribution in [1.29, 1.82) is 0 Å². The quantitative estimate of drug-likeness (QED) is 0.634. The highest BCUT2D eigenvalue weighted by atomic mass is 19.1. The fraction of sp³-hybridized carbons (Fsp3) is 0.500. The van der Waals surface area contributed by atoms with Gasteiger partial charge in [0.05, 0.1) is 12.6 Å². The van der Waals surface area contributed by atoms with Crippen molar-refractivity contribution in [3.05, 3.63) is 35.4 Å². The van der Waals surface area contributed by atoms with E-state index in [0.29, 0.717) is 6.54 Å². The van der Waals surface area contributed by atoms with E-state index in [1.807, 2.05) is 0 Å². The topological polar surface area (TPSA) is 8.88 Å². The molecule has 0 aliphatic carbocycles. The SMILES string of the molecule is C[NH+]1CC[NH+](Cc2c(F)cccc2F)CC1. The van der Waals surface area contributed by atoms with Crippen molar-refractivity contribution in [2.45, 2.75) is 6.54 Å². The molecule has 1 fully saturated rings. The summed E-state index contributed by atoms with van der Waals surface area (Å²) < 4.78 is 26.8. The zero-order chi connectivity index (χ0) is 11.5. The van der Waals surface area contributed by atoms with Gasteiger partial charge in [0.2, 0.25) is 0 Å². The van der Waals surface area contributed by atoms with E-state index in [9.17, 15) is 8.78 Å². The summed E-state index contributed by atoms with van der Waals surface area (Å²) in [4.78, 5) is 2.77. The second-order valence-corrected chi connectivity index (χ2v) is 4.58. The molecule has 0 radical (unpaired) electrons. The van der Waals surface area contributed by atoms with Gasteiger partial charge in [-0.1, -0.05) is 6.07 Å². The van der Waals surface area contributed by atoms with Gasteiger partial charge in [-0.15, -0.1) is 0 Å². The zero-order valence-electron chi connectivity index (χ0n) is 9.52. The smallest absolute Gasteiger partial charge is 0.135 e. The Kier molecular flexibility index (Phi) is 3.51. The summed E-state index contributed by atoms with van der Waals surface area (Å²) >= 11 is 0. The van der Waals surface area contributed by atoms with Crippen molar-refractivity contribution in [2.75, 3.05) is 33.2 Å². The Morgan fingerprint density at radius 2 is 1.62 bits per heavy atom. The molecule has 0 atom stereocenters. The summed E-state index contributed by atoms with van der Waals surface area (Å²) in [7, 11) is 2.15. The van der Waals surface area contributed by atoms with Crippen LogP contribution in [0.1, 0.15) is 5.56 Å². The van der Waals surface area contributed by atoms with Crippen LogP contribution in [0, 0.1) is 11.6 Å². The third-order valence-electron chi connectivity index (χ3n) is 3.30. The summed E-state index contributed by atoms with van der Waals surface area (Å²) in [5, 5.41) is 0. The van der Waals surface area contributed by atoms with Gasteiger partial charge in [-0.3, -0.25) is 0 Å². The van der Waals surface area contributed by atoms with Crippen molar-refractivity contribution >= 4 is 0 Å². The zero-order valence-corrected chi connectivity index (χ0v) is 9.52. The van der Waals surface area contributed by atoms with E-state index in [1.165, 1.54) is 28.0 Å². The molecule has 1 aliphatic heterocycles. The number of nitrogens with one attached hydrogen (secondary N) is 2. The molecule has 1 aromatic carbocycles. The lowest BCUT2D eigenvalue weighted by Gasteiger charge is -2.27. The van der Waals surface area contributed by atoms with Gasteiger partial charge in [-0.25, -0.2) is 8.78 Å². The van der Waals surface area contributed by atoms with Crippen LogP contribution in [-0.4, -0.2) is 33.2 Å². The van der Waals surface area contributed by atoms with Crippen molar-refractivity contribution < 1.29 is 18.6 Å². The van der Waals surface area contributed by atoms with Crippen molar-refractivity contribution in [3.63, 3.8) is 0 Å². The molecule has 0 spiro atoms. The number of quaternary nitrogens is 2. The second kappa shape index (κ2) is 4.89. The normalized spacial score (nSPS) is 25.7. The molecule has 2 nitrogen and oxygen atoms in total. The number of piperazine rings is 1. The Bertz CT molecular complexity index is 340. The van der Waals surface area contributed by atoms with Crippen LogP contribution in [0.4, 0.5) is 8.78 Å². The average Bonchev–Trinajstić information content (AvgIpc) is 2.26. The Morgan fingerprint density at radius 1 is 1.06 bits per heavy atom. The van der Waals surface area contributed by atoms with Gasteiger partial charge in [-0.2, -0.15) is 0 Å². The van der Waals surface area contributed by atoms with E-state index in [0.717, 1.165) is 26.2 Å².